The second kappa shape index (κ2) is 11.7. The van der Waals surface area contributed by atoms with E-state index in [1.165, 1.54) is 37.4 Å². The van der Waals surface area contributed by atoms with Crippen LogP contribution in [0.3, 0.4) is 0 Å². The Hall–Kier alpha value is -4.09. The highest BCUT2D eigenvalue weighted by Gasteiger charge is 2.34. The van der Waals surface area contributed by atoms with Crippen molar-refractivity contribution in [3.8, 4) is 28.4 Å². The number of benzene rings is 4. The number of ether oxygens (including phenoxy) is 3. The van der Waals surface area contributed by atoms with Gasteiger partial charge in [0.2, 0.25) is 10.0 Å². The molecule has 0 amide bonds. The molecule has 0 atom stereocenters. The van der Waals surface area contributed by atoms with Crippen LogP contribution >= 0.6 is 0 Å². The molecule has 0 radical (unpaired) electrons. The van der Waals surface area contributed by atoms with Gasteiger partial charge in [0.05, 0.1) is 7.11 Å². The van der Waals surface area contributed by atoms with Crippen LogP contribution in [0.4, 0.5) is 17.6 Å². The molecule has 0 fully saturated rings. The van der Waals surface area contributed by atoms with Crippen molar-refractivity contribution in [1.82, 2.24) is 4.72 Å². The first-order chi connectivity index (χ1) is 18.6. The Labute approximate surface area is 222 Å². The Morgan fingerprint density at radius 1 is 0.769 bits per heavy atom. The summed E-state index contributed by atoms with van der Waals surface area (Å²) >= 11 is 0. The van der Waals surface area contributed by atoms with Crippen molar-refractivity contribution in [3.63, 3.8) is 0 Å². The molecular formula is C28H23F4NO5S. The Kier molecular flexibility index (Phi) is 8.41. The molecule has 0 aliphatic carbocycles. The van der Waals surface area contributed by atoms with E-state index < -0.39 is 32.8 Å². The summed E-state index contributed by atoms with van der Waals surface area (Å²) < 4.78 is 95.8. The summed E-state index contributed by atoms with van der Waals surface area (Å²) in [6, 6.07) is 22.6. The predicted octanol–water partition coefficient (Wildman–Crippen LogP) is 6.46. The average Bonchev–Trinajstić information content (AvgIpc) is 2.91. The van der Waals surface area contributed by atoms with E-state index in [1.54, 1.807) is 18.2 Å². The van der Waals surface area contributed by atoms with Crippen LogP contribution in [0, 0.1) is 5.82 Å². The van der Waals surface area contributed by atoms with Crippen LogP contribution in [0.1, 0.15) is 11.1 Å². The maximum Gasteiger partial charge on any atom is 0.573 e. The van der Waals surface area contributed by atoms with Crippen molar-refractivity contribution < 1.29 is 40.2 Å². The molecule has 0 saturated carbocycles. The van der Waals surface area contributed by atoms with Gasteiger partial charge in [-0.05, 0) is 47.5 Å². The zero-order valence-corrected chi connectivity index (χ0v) is 21.4. The third-order valence-electron chi connectivity index (χ3n) is 5.57. The van der Waals surface area contributed by atoms with Gasteiger partial charge in [0, 0.05) is 17.7 Å². The lowest BCUT2D eigenvalue weighted by Gasteiger charge is -2.17. The molecule has 39 heavy (non-hydrogen) atoms. The highest BCUT2D eigenvalue weighted by atomic mass is 32.2. The van der Waals surface area contributed by atoms with Crippen molar-refractivity contribution in [1.29, 1.82) is 0 Å². The molecule has 0 aromatic heterocycles. The van der Waals surface area contributed by atoms with E-state index in [0.29, 0.717) is 28.2 Å². The van der Waals surface area contributed by atoms with Crippen LogP contribution in [0.15, 0.2) is 95.9 Å². The third-order valence-corrected chi connectivity index (χ3v) is 7.01. The van der Waals surface area contributed by atoms with Gasteiger partial charge in [0.25, 0.3) is 0 Å². The predicted molar refractivity (Wildman–Crippen MR) is 136 cm³/mol. The molecular weight excluding hydrogens is 538 g/mol. The summed E-state index contributed by atoms with van der Waals surface area (Å²) in [5, 5.41) is 0. The van der Waals surface area contributed by atoms with Gasteiger partial charge in [-0.1, -0.05) is 54.6 Å². The number of hydrogen-bond donors (Lipinski definition) is 1. The fourth-order valence-electron chi connectivity index (χ4n) is 3.78. The quantitative estimate of drug-likeness (QED) is 0.225. The number of para-hydroxylation sites is 1. The lowest BCUT2D eigenvalue weighted by molar-refractivity contribution is -0.275. The standard InChI is InChI=1S/C28H23F4NO5S/c1-36-24-14-12-21(29)16-23(24)22-13-11-20(15-26(22)37-18-19-7-3-2-4-8-19)17-33-39(34,35)27-10-6-5-9-25(27)38-28(30,31)32/h2-16,33H,17-18H2,1H3. The van der Waals surface area contributed by atoms with E-state index in [-0.39, 0.29) is 13.2 Å². The van der Waals surface area contributed by atoms with E-state index in [9.17, 15) is 26.0 Å². The molecule has 11 heteroatoms. The van der Waals surface area contributed by atoms with Gasteiger partial charge in [0.1, 0.15) is 34.6 Å². The number of hydrogen-bond acceptors (Lipinski definition) is 5. The topological polar surface area (TPSA) is 73.9 Å². The lowest BCUT2D eigenvalue weighted by Crippen LogP contribution is -2.25. The van der Waals surface area contributed by atoms with Gasteiger partial charge in [-0.2, -0.15) is 0 Å². The molecule has 0 aliphatic rings. The van der Waals surface area contributed by atoms with E-state index in [2.05, 4.69) is 9.46 Å². The molecule has 0 aliphatic heterocycles. The summed E-state index contributed by atoms with van der Waals surface area (Å²) in [6.07, 6.45) is -5.07. The normalized spacial score (nSPS) is 11.7. The van der Waals surface area contributed by atoms with Crippen molar-refractivity contribution in [3.05, 3.63) is 108 Å². The number of sulfonamides is 1. The molecule has 4 aromatic rings. The summed E-state index contributed by atoms with van der Waals surface area (Å²) in [4.78, 5) is -0.663. The van der Waals surface area contributed by atoms with Crippen LogP contribution in [-0.2, 0) is 23.2 Å². The molecule has 0 bridgehead atoms. The molecule has 4 rings (SSSR count). The maximum atomic E-state index is 14.1. The summed E-state index contributed by atoms with van der Waals surface area (Å²) in [5.41, 5.74) is 2.22. The molecule has 6 nitrogen and oxygen atoms in total. The van der Waals surface area contributed by atoms with E-state index in [1.807, 2.05) is 30.3 Å². The van der Waals surface area contributed by atoms with Crippen LogP contribution in [0.25, 0.3) is 11.1 Å². The number of halogens is 4. The zero-order chi connectivity index (χ0) is 28.0. The second-order valence-electron chi connectivity index (χ2n) is 8.27. The highest BCUT2D eigenvalue weighted by Crippen LogP contribution is 2.38. The van der Waals surface area contributed by atoms with Crippen molar-refractivity contribution >= 4 is 10.0 Å². The Morgan fingerprint density at radius 2 is 1.49 bits per heavy atom. The van der Waals surface area contributed by atoms with Crippen LogP contribution < -0.4 is 18.9 Å². The third kappa shape index (κ3) is 7.27. The second-order valence-corrected chi connectivity index (χ2v) is 10.0. The smallest absolute Gasteiger partial charge is 0.496 e. The fourth-order valence-corrected chi connectivity index (χ4v) is 4.93. The first kappa shape index (κ1) is 27.9. The first-order valence-electron chi connectivity index (χ1n) is 11.5. The number of nitrogens with one attached hydrogen (secondary N) is 1. The SMILES string of the molecule is COc1ccc(F)cc1-c1ccc(CNS(=O)(=O)c2ccccc2OC(F)(F)F)cc1OCc1ccccc1. The van der Waals surface area contributed by atoms with Crippen molar-refractivity contribution in [2.45, 2.75) is 24.4 Å². The van der Waals surface area contributed by atoms with Crippen LogP contribution in [0.2, 0.25) is 0 Å². The average molecular weight is 562 g/mol. The first-order valence-corrected chi connectivity index (χ1v) is 13.0. The van der Waals surface area contributed by atoms with Gasteiger partial charge in [0.15, 0.2) is 0 Å². The van der Waals surface area contributed by atoms with Gasteiger partial charge in [-0.25, -0.2) is 17.5 Å². The van der Waals surface area contributed by atoms with Gasteiger partial charge < -0.3 is 14.2 Å². The molecule has 4 aromatic carbocycles. The van der Waals surface area contributed by atoms with Crippen molar-refractivity contribution in [2.24, 2.45) is 0 Å². The van der Waals surface area contributed by atoms with Gasteiger partial charge in [-0.15, -0.1) is 13.2 Å². The summed E-state index contributed by atoms with van der Waals surface area (Å²) in [6.45, 7) is -0.103. The minimum absolute atomic E-state index is 0.169. The maximum absolute atomic E-state index is 14.1. The van der Waals surface area contributed by atoms with Crippen LogP contribution in [-0.4, -0.2) is 21.9 Å². The monoisotopic (exact) mass is 561 g/mol. The van der Waals surface area contributed by atoms with E-state index in [0.717, 1.165) is 17.7 Å². The largest absolute Gasteiger partial charge is 0.573 e. The number of alkyl halides is 3. The minimum atomic E-state index is -5.07. The van der Waals surface area contributed by atoms with Gasteiger partial charge in [-0.3, -0.25) is 0 Å². The van der Waals surface area contributed by atoms with Crippen molar-refractivity contribution in [2.75, 3.05) is 7.11 Å². The zero-order valence-electron chi connectivity index (χ0n) is 20.5. The molecule has 0 spiro atoms. The molecule has 1 N–H and O–H groups in total. The summed E-state index contributed by atoms with van der Waals surface area (Å²) in [7, 11) is -2.94. The fraction of sp³-hybridized carbons (Fsp3) is 0.143. The van der Waals surface area contributed by atoms with E-state index >= 15 is 0 Å². The Morgan fingerprint density at radius 3 is 2.21 bits per heavy atom. The summed E-state index contributed by atoms with van der Waals surface area (Å²) in [5.74, 6) is -0.620. The number of methoxy groups -OCH3 is 1. The molecule has 0 saturated heterocycles. The Bertz CT molecular complexity index is 1540. The minimum Gasteiger partial charge on any atom is -0.496 e. The van der Waals surface area contributed by atoms with E-state index in [4.69, 9.17) is 9.47 Å². The molecule has 0 unspecified atom stereocenters. The molecule has 0 heterocycles. The Balaban J connectivity index is 1.64. The molecule has 204 valence electrons. The van der Waals surface area contributed by atoms with Crippen LogP contribution in [0.5, 0.6) is 17.2 Å². The lowest BCUT2D eigenvalue weighted by atomic mass is 10.0. The highest BCUT2D eigenvalue weighted by molar-refractivity contribution is 7.89. The number of rotatable bonds is 10. The van der Waals surface area contributed by atoms with Gasteiger partial charge >= 0.3 is 6.36 Å².